The summed E-state index contributed by atoms with van der Waals surface area (Å²) in [7, 11) is 0. The van der Waals surface area contributed by atoms with Crippen molar-refractivity contribution in [2.45, 2.75) is 5.38 Å². The van der Waals surface area contributed by atoms with E-state index in [-0.39, 0.29) is 5.38 Å². The summed E-state index contributed by atoms with van der Waals surface area (Å²) in [5.41, 5.74) is 0. The lowest BCUT2D eigenvalue weighted by molar-refractivity contribution is 1.23. The summed E-state index contributed by atoms with van der Waals surface area (Å²) < 4.78 is 0. The number of rotatable bonds is 3. The number of hydrogen-bond donors (Lipinski definition) is 0. The van der Waals surface area contributed by atoms with Crippen LogP contribution in [0.2, 0.25) is 0 Å². The SMILES string of the molecule is C=C(Cl)C(Cl)CSC. The molecule has 0 saturated carbocycles. The summed E-state index contributed by atoms with van der Waals surface area (Å²) in [6.45, 7) is 3.49. The zero-order valence-corrected chi connectivity index (χ0v) is 6.98. The molecule has 0 N–H and O–H groups in total. The molecule has 0 saturated heterocycles. The first-order valence-corrected chi connectivity index (χ1v) is 4.36. The van der Waals surface area contributed by atoms with Crippen molar-refractivity contribution in [2.75, 3.05) is 12.0 Å². The van der Waals surface area contributed by atoms with Gasteiger partial charge < -0.3 is 0 Å². The van der Waals surface area contributed by atoms with Gasteiger partial charge in [0.05, 0.1) is 5.38 Å². The molecule has 48 valence electrons. The Kier molecular flexibility index (Phi) is 4.92. The number of alkyl halides is 1. The summed E-state index contributed by atoms with van der Waals surface area (Å²) in [4.78, 5) is 0. The molecule has 0 nitrogen and oxygen atoms in total. The molecule has 0 spiro atoms. The molecule has 0 amide bonds. The number of thioether (sulfide) groups is 1. The van der Waals surface area contributed by atoms with Crippen molar-refractivity contribution in [1.29, 1.82) is 0 Å². The highest BCUT2D eigenvalue weighted by atomic mass is 35.5. The molecule has 0 rings (SSSR count). The molecule has 0 aromatic heterocycles. The van der Waals surface area contributed by atoms with Crippen molar-refractivity contribution in [1.82, 2.24) is 0 Å². The molecule has 0 fully saturated rings. The summed E-state index contributed by atoms with van der Waals surface area (Å²) in [5, 5.41) is 0.452. The minimum atomic E-state index is -0.0772. The molecule has 0 heterocycles. The van der Waals surface area contributed by atoms with E-state index in [1.54, 1.807) is 11.8 Å². The fourth-order valence-corrected chi connectivity index (χ4v) is 1.28. The Hall–Kier alpha value is 0.670. The Morgan fingerprint density at radius 3 is 2.50 bits per heavy atom. The maximum absolute atomic E-state index is 5.66. The van der Waals surface area contributed by atoms with Crippen molar-refractivity contribution in [3.05, 3.63) is 11.6 Å². The van der Waals surface area contributed by atoms with Crippen LogP contribution in [0.5, 0.6) is 0 Å². The highest BCUT2D eigenvalue weighted by Crippen LogP contribution is 2.15. The molecule has 0 bridgehead atoms. The van der Waals surface area contributed by atoms with E-state index in [4.69, 9.17) is 23.2 Å². The first kappa shape index (κ1) is 8.67. The lowest BCUT2D eigenvalue weighted by atomic mass is 10.5. The van der Waals surface area contributed by atoms with Crippen LogP contribution < -0.4 is 0 Å². The van der Waals surface area contributed by atoms with Crippen molar-refractivity contribution >= 4 is 35.0 Å². The van der Waals surface area contributed by atoms with E-state index in [1.807, 2.05) is 6.26 Å². The van der Waals surface area contributed by atoms with Gasteiger partial charge in [-0.05, 0) is 6.26 Å². The van der Waals surface area contributed by atoms with Gasteiger partial charge in [0.15, 0.2) is 0 Å². The molecule has 0 aromatic carbocycles. The van der Waals surface area contributed by atoms with Crippen LogP contribution >= 0.6 is 35.0 Å². The second kappa shape index (κ2) is 4.54. The first-order valence-electron chi connectivity index (χ1n) is 2.15. The van der Waals surface area contributed by atoms with Gasteiger partial charge in [-0.1, -0.05) is 18.2 Å². The molecule has 0 aliphatic carbocycles. The molecule has 3 heteroatoms. The van der Waals surface area contributed by atoms with Crippen LogP contribution in [0.1, 0.15) is 0 Å². The summed E-state index contributed by atoms with van der Waals surface area (Å²) >= 11 is 12.8. The van der Waals surface area contributed by atoms with Crippen molar-refractivity contribution < 1.29 is 0 Å². The van der Waals surface area contributed by atoms with E-state index in [0.29, 0.717) is 5.03 Å². The van der Waals surface area contributed by atoms with Gasteiger partial charge >= 0.3 is 0 Å². The van der Waals surface area contributed by atoms with Crippen LogP contribution in [0.25, 0.3) is 0 Å². The maximum atomic E-state index is 5.66. The Morgan fingerprint density at radius 2 is 2.38 bits per heavy atom. The molecule has 0 aliphatic rings. The predicted molar refractivity (Wildman–Crippen MR) is 43.0 cm³/mol. The average Bonchev–Trinajstić information content (AvgIpc) is 1.67. The van der Waals surface area contributed by atoms with E-state index >= 15 is 0 Å². The summed E-state index contributed by atoms with van der Waals surface area (Å²) in [6, 6.07) is 0. The van der Waals surface area contributed by atoms with Gasteiger partial charge in [-0.3, -0.25) is 0 Å². The zero-order valence-electron chi connectivity index (χ0n) is 4.66. The molecule has 0 aromatic rings. The Balaban J connectivity index is 3.32. The normalized spacial score (nSPS) is 13.4. The van der Waals surface area contributed by atoms with Gasteiger partial charge in [0, 0.05) is 10.8 Å². The molecular weight excluding hydrogens is 163 g/mol. The molecule has 1 atom stereocenters. The van der Waals surface area contributed by atoms with Crippen molar-refractivity contribution in [2.24, 2.45) is 0 Å². The summed E-state index contributed by atoms with van der Waals surface area (Å²) in [5.74, 6) is 0.837. The van der Waals surface area contributed by atoms with E-state index in [9.17, 15) is 0 Å². The first-order chi connectivity index (χ1) is 3.68. The second-order valence-corrected chi connectivity index (χ2v) is 3.29. The van der Waals surface area contributed by atoms with Gasteiger partial charge in [0.25, 0.3) is 0 Å². The largest absolute Gasteiger partial charge is 0.164 e. The Bertz CT molecular complexity index is 82.5. The molecule has 0 aliphatic heterocycles. The third kappa shape index (κ3) is 3.65. The maximum Gasteiger partial charge on any atom is 0.0776 e. The van der Waals surface area contributed by atoms with Crippen LogP contribution in [0.4, 0.5) is 0 Å². The van der Waals surface area contributed by atoms with Crippen molar-refractivity contribution in [3.8, 4) is 0 Å². The highest BCUT2D eigenvalue weighted by Gasteiger charge is 2.03. The highest BCUT2D eigenvalue weighted by molar-refractivity contribution is 7.98. The van der Waals surface area contributed by atoms with E-state index in [1.165, 1.54) is 0 Å². The van der Waals surface area contributed by atoms with Crippen LogP contribution in [0.3, 0.4) is 0 Å². The smallest absolute Gasteiger partial charge is 0.0776 e. The van der Waals surface area contributed by atoms with Crippen LogP contribution in [-0.4, -0.2) is 17.4 Å². The van der Waals surface area contributed by atoms with Gasteiger partial charge in [-0.2, -0.15) is 11.8 Å². The van der Waals surface area contributed by atoms with Crippen LogP contribution in [-0.2, 0) is 0 Å². The van der Waals surface area contributed by atoms with Crippen LogP contribution in [0, 0.1) is 0 Å². The monoisotopic (exact) mass is 170 g/mol. The number of halogens is 2. The lowest BCUT2D eigenvalue weighted by Gasteiger charge is -2.01. The van der Waals surface area contributed by atoms with Crippen LogP contribution in [0.15, 0.2) is 11.6 Å². The minimum Gasteiger partial charge on any atom is -0.164 e. The predicted octanol–water partition coefficient (Wildman–Crippen LogP) is 2.71. The molecular formula is C5H8Cl2S. The fraction of sp³-hybridized carbons (Fsp3) is 0.600. The van der Waals surface area contributed by atoms with E-state index < -0.39 is 0 Å². The molecule has 8 heavy (non-hydrogen) atoms. The fourth-order valence-electron chi connectivity index (χ4n) is 0.237. The van der Waals surface area contributed by atoms with E-state index in [0.717, 1.165) is 5.75 Å². The second-order valence-electron chi connectivity index (χ2n) is 1.37. The van der Waals surface area contributed by atoms with Gasteiger partial charge in [0.1, 0.15) is 0 Å². The topological polar surface area (TPSA) is 0 Å². The molecule has 0 radical (unpaired) electrons. The standard InChI is InChI=1S/C5H8Cl2S/c1-4(6)5(7)3-8-2/h5H,1,3H2,2H3. The molecule has 1 unspecified atom stereocenters. The minimum absolute atomic E-state index is 0.0772. The van der Waals surface area contributed by atoms with E-state index in [2.05, 4.69) is 6.58 Å². The third-order valence-electron chi connectivity index (χ3n) is 0.653. The lowest BCUT2D eigenvalue weighted by Crippen LogP contribution is -1.99. The summed E-state index contributed by atoms with van der Waals surface area (Å²) in [6.07, 6.45) is 1.98. The van der Waals surface area contributed by atoms with Gasteiger partial charge in [0.2, 0.25) is 0 Å². The van der Waals surface area contributed by atoms with Crippen molar-refractivity contribution in [3.63, 3.8) is 0 Å². The van der Waals surface area contributed by atoms with Gasteiger partial charge in [-0.15, -0.1) is 11.6 Å². The van der Waals surface area contributed by atoms with Gasteiger partial charge in [-0.25, -0.2) is 0 Å². The number of hydrogen-bond acceptors (Lipinski definition) is 1. The quantitative estimate of drug-likeness (QED) is 0.588. The average molecular weight is 171 g/mol. The third-order valence-corrected chi connectivity index (χ3v) is 2.30. The number of allylic oxidation sites excluding steroid dienone is 1. The zero-order chi connectivity index (χ0) is 6.57. The Morgan fingerprint density at radius 1 is 1.88 bits per heavy atom. The Labute approximate surface area is 64.2 Å².